The smallest absolute Gasteiger partial charge is 0.392 e. The van der Waals surface area contributed by atoms with Crippen LogP contribution in [0.1, 0.15) is 6.42 Å². The Labute approximate surface area is 94.6 Å². The molecular weight excluding hydrogens is 235 g/mol. The summed E-state index contributed by atoms with van der Waals surface area (Å²) in [7, 11) is 0. The van der Waals surface area contributed by atoms with Crippen molar-refractivity contribution in [2.45, 2.75) is 12.6 Å². The summed E-state index contributed by atoms with van der Waals surface area (Å²) in [6.07, 6.45) is -3.66. The molecule has 0 aliphatic carbocycles. The van der Waals surface area contributed by atoms with E-state index in [-0.39, 0.29) is 5.88 Å². The molecule has 0 saturated heterocycles. The number of aromatic nitrogens is 2. The van der Waals surface area contributed by atoms with Gasteiger partial charge in [-0.15, -0.1) is 0 Å². The predicted molar refractivity (Wildman–Crippen MR) is 56.7 cm³/mol. The minimum absolute atomic E-state index is 0.132. The summed E-state index contributed by atoms with van der Waals surface area (Å²) in [6.45, 7) is -0.452. The third kappa shape index (κ3) is 2.80. The number of aromatic amines is 1. The SMILES string of the molecule is Nc1c[nH]c2ccc(OCCC(F)(F)F)nc12. The zero-order chi connectivity index (χ0) is 12.5. The summed E-state index contributed by atoms with van der Waals surface area (Å²) < 4.78 is 40.6. The lowest BCUT2D eigenvalue weighted by Gasteiger charge is -2.07. The second-order valence-corrected chi connectivity index (χ2v) is 3.50. The number of halogens is 3. The molecule has 0 atom stereocenters. The molecule has 0 unspecified atom stereocenters. The summed E-state index contributed by atoms with van der Waals surface area (Å²) in [5, 5.41) is 0. The number of hydrogen-bond donors (Lipinski definition) is 2. The number of nitrogens with zero attached hydrogens (tertiary/aromatic N) is 1. The molecule has 7 heteroatoms. The number of alkyl halides is 3. The highest BCUT2D eigenvalue weighted by atomic mass is 19.4. The van der Waals surface area contributed by atoms with E-state index >= 15 is 0 Å². The van der Waals surface area contributed by atoms with Crippen LogP contribution in [0.5, 0.6) is 5.88 Å². The van der Waals surface area contributed by atoms with E-state index < -0.39 is 19.2 Å². The van der Waals surface area contributed by atoms with Crippen molar-refractivity contribution >= 4 is 16.7 Å². The molecule has 0 fully saturated rings. The summed E-state index contributed by atoms with van der Waals surface area (Å²) in [5.74, 6) is 0.132. The van der Waals surface area contributed by atoms with E-state index in [1.165, 1.54) is 6.07 Å². The van der Waals surface area contributed by atoms with E-state index in [9.17, 15) is 13.2 Å². The van der Waals surface area contributed by atoms with Gasteiger partial charge in [-0.2, -0.15) is 13.2 Å². The van der Waals surface area contributed by atoms with Gasteiger partial charge in [-0.05, 0) is 6.07 Å². The maximum absolute atomic E-state index is 11.9. The van der Waals surface area contributed by atoms with Gasteiger partial charge in [0.2, 0.25) is 5.88 Å². The lowest BCUT2D eigenvalue weighted by atomic mass is 10.3. The number of pyridine rings is 1. The molecule has 4 nitrogen and oxygen atoms in total. The van der Waals surface area contributed by atoms with Crippen molar-refractivity contribution in [2.24, 2.45) is 0 Å². The van der Waals surface area contributed by atoms with E-state index in [0.29, 0.717) is 16.7 Å². The van der Waals surface area contributed by atoms with Crippen LogP contribution in [0, 0.1) is 0 Å². The van der Waals surface area contributed by atoms with Crippen LogP contribution in [0.4, 0.5) is 18.9 Å². The van der Waals surface area contributed by atoms with Gasteiger partial charge in [0.05, 0.1) is 24.2 Å². The average molecular weight is 245 g/mol. The van der Waals surface area contributed by atoms with Gasteiger partial charge in [0, 0.05) is 12.3 Å². The Morgan fingerprint density at radius 3 is 2.82 bits per heavy atom. The van der Waals surface area contributed by atoms with E-state index in [4.69, 9.17) is 10.5 Å². The lowest BCUT2D eigenvalue weighted by molar-refractivity contribution is -0.139. The Morgan fingerprint density at radius 1 is 1.35 bits per heavy atom. The Bertz CT molecular complexity index is 521. The quantitative estimate of drug-likeness (QED) is 0.873. The van der Waals surface area contributed by atoms with Crippen molar-refractivity contribution in [1.29, 1.82) is 0 Å². The third-order valence-electron chi connectivity index (χ3n) is 2.16. The molecule has 2 aromatic rings. The first-order valence-corrected chi connectivity index (χ1v) is 4.89. The molecule has 0 saturated carbocycles. The molecule has 0 spiro atoms. The topological polar surface area (TPSA) is 63.9 Å². The number of nitrogens with one attached hydrogen (secondary N) is 1. The molecular formula is C10H10F3N3O. The highest BCUT2D eigenvalue weighted by Gasteiger charge is 2.26. The van der Waals surface area contributed by atoms with Crippen LogP contribution in [-0.4, -0.2) is 22.8 Å². The average Bonchev–Trinajstić information content (AvgIpc) is 2.59. The predicted octanol–water partition coefficient (Wildman–Crippen LogP) is 2.48. The standard InChI is InChI=1S/C10H10F3N3O/c11-10(12,13)3-4-17-8-2-1-7-9(16-8)6(14)5-15-7/h1-2,5,15H,3-4,14H2. The summed E-state index contributed by atoms with van der Waals surface area (Å²) >= 11 is 0. The van der Waals surface area contributed by atoms with Gasteiger partial charge >= 0.3 is 6.18 Å². The lowest BCUT2D eigenvalue weighted by Crippen LogP contribution is -2.13. The van der Waals surface area contributed by atoms with E-state index in [1.54, 1.807) is 12.3 Å². The van der Waals surface area contributed by atoms with Gasteiger partial charge in [0.1, 0.15) is 5.52 Å². The van der Waals surface area contributed by atoms with Crippen molar-refractivity contribution < 1.29 is 17.9 Å². The molecule has 3 N–H and O–H groups in total. The number of ether oxygens (including phenoxy) is 1. The highest BCUT2D eigenvalue weighted by molar-refractivity contribution is 5.87. The molecule has 2 heterocycles. The largest absolute Gasteiger partial charge is 0.477 e. The van der Waals surface area contributed by atoms with Gasteiger partial charge < -0.3 is 15.5 Å². The Balaban J connectivity index is 2.06. The number of fused-ring (bicyclic) bond motifs is 1. The van der Waals surface area contributed by atoms with Crippen molar-refractivity contribution in [3.63, 3.8) is 0 Å². The molecule has 0 aliphatic rings. The number of nitrogens with two attached hydrogens (primary N) is 1. The second-order valence-electron chi connectivity index (χ2n) is 3.50. The van der Waals surface area contributed by atoms with Gasteiger partial charge in [-0.25, -0.2) is 4.98 Å². The molecule has 2 aromatic heterocycles. The first-order valence-electron chi connectivity index (χ1n) is 4.89. The van der Waals surface area contributed by atoms with Crippen molar-refractivity contribution in [1.82, 2.24) is 9.97 Å². The Hall–Kier alpha value is -1.92. The third-order valence-corrected chi connectivity index (χ3v) is 2.16. The Morgan fingerprint density at radius 2 is 2.12 bits per heavy atom. The van der Waals surface area contributed by atoms with Crippen LogP contribution in [0.15, 0.2) is 18.3 Å². The molecule has 0 amide bonds. The molecule has 0 aliphatic heterocycles. The van der Waals surface area contributed by atoms with Crippen LogP contribution in [-0.2, 0) is 0 Å². The molecule has 92 valence electrons. The van der Waals surface area contributed by atoms with Crippen LogP contribution in [0.3, 0.4) is 0 Å². The van der Waals surface area contributed by atoms with Gasteiger partial charge in [-0.1, -0.05) is 0 Å². The zero-order valence-corrected chi connectivity index (χ0v) is 8.71. The van der Waals surface area contributed by atoms with Gasteiger partial charge in [-0.3, -0.25) is 0 Å². The molecule has 0 radical (unpaired) electrons. The van der Waals surface area contributed by atoms with Crippen LogP contribution >= 0.6 is 0 Å². The summed E-state index contributed by atoms with van der Waals surface area (Å²) in [6, 6.07) is 3.15. The van der Waals surface area contributed by atoms with Gasteiger partial charge in [0.15, 0.2) is 0 Å². The monoisotopic (exact) mass is 245 g/mol. The Kier molecular flexibility index (Phi) is 2.83. The van der Waals surface area contributed by atoms with Crippen molar-refractivity contribution in [3.8, 4) is 5.88 Å². The second kappa shape index (κ2) is 4.15. The normalized spacial score (nSPS) is 11.9. The molecule has 2 rings (SSSR count). The number of H-pyrrole nitrogens is 1. The summed E-state index contributed by atoms with van der Waals surface area (Å²) in [4.78, 5) is 6.88. The first kappa shape index (κ1) is 11.6. The minimum atomic E-state index is -4.22. The maximum Gasteiger partial charge on any atom is 0.392 e. The van der Waals surface area contributed by atoms with Gasteiger partial charge in [0.25, 0.3) is 0 Å². The fourth-order valence-corrected chi connectivity index (χ4v) is 1.35. The number of hydrogen-bond acceptors (Lipinski definition) is 3. The van der Waals surface area contributed by atoms with E-state index in [1.807, 2.05) is 0 Å². The fraction of sp³-hybridized carbons (Fsp3) is 0.300. The minimum Gasteiger partial charge on any atom is -0.477 e. The van der Waals surface area contributed by atoms with Crippen molar-refractivity contribution in [2.75, 3.05) is 12.3 Å². The van der Waals surface area contributed by atoms with Crippen LogP contribution < -0.4 is 10.5 Å². The molecule has 17 heavy (non-hydrogen) atoms. The number of rotatable bonds is 3. The zero-order valence-electron chi connectivity index (χ0n) is 8.71. The first-order chi connectivity index (χ1) is 7.96. The van der Waals surface area contributed by atoms with E-state index in [2.05, 4.69) is 9.97 Å². The van der Waals surface area contributed by atoms with Crippen molar-refractivity contribution in [3.05, 3.63) is 18.3 Å². The number of anilines is 1. The maximum atomic E-state index is 11.9. The highest BCUT2D eigenvalue weighted by Crippen LogP contribution is 2.22. The van der Waals surface area contributed by atoms with Crippen LogP contribution in [0.2, 0.25) is 0 Å². The van der Waals surface area contributed by atoms with Crippen LogP contribution in [0.25, 0.3) is 11.0 Å². The molecule has 0 aromatic carbocycles. The fourth-order valence-electron chi connectivity index (χ4n) is 1.35. The summed E-state index contributed by atoms with van der Waals surface area (Å²) in [5.41, 5.74) is 7.25. The van der Waals surface area contributed by atoms with E-state index in [0.717, 1.165) is 0 Å². The number of nitrogen functional groups attached to an aromatic ring is 1. The molecule has 0 bridgehead atoms.